The van der Waals surface area contributed by atoms with Gasteiger partial charge in [-0.1, -0.05) is 18.2 Å². The number of halogens is 3. The summed E-state index contributed by atoms with van der Waals surface area (Å²) in [7, 11) is 1.68. The van der Waals surface area contributed by atoms with Crippen LogP contribution in [0.15, 0.2) is 42.5 Å². The number of hydrogen-bond donors (Lipinski definition) is 1. The Morgan fingerprint density at radius 2 is 1.81 bits per heavy atom. The van der Waals surface area contributed by atoms with E-state index in [4.69, 9.17) is 10.5 Å². The monoisotopic (exact) mass is 382 g/mol. The summed E-state index contributed by atoms with van der Waals surface area (Å²) in [4.78, 5) is 13.6. The van der Waals surface area contributed by atoms with Crippen LogP contribution in [0.1, 0.15) is 24.1 Å². The van der Waals surface area contributed by atoms with Crippen LogP contribution in [0.3, 0.4) is 0 Å². The van der Waals surface area contributed by atoms with Crippen LogP contribution in [0.4, 0.5) is 13.2 Å². The molecule has 8 heteroatoms. The largest absolute Gasteiger partial charge is 0.490 e. The molecule has 2 aromatic carbocycles. The molecular formula is C19H21F3N2O3. The molecule has 0 saturated carbocycles. The summed E-state index contributed by atoms with van der Waals surface area (Å²) >= 11 is 0. The first-order valence-electron chi connectivity index (χ1n) is 8.27. The first-order chi connectivity index (χ1) is 12.8. The van der Waals surface area contributed by atoms with E-state index < -0.39 is 24.4 Å². The smallest absolute Gasteiger partial charge is 0.387 e. The summed E-state index contributed by atoms with van der Waals surface area (Å²) in [5.74, 6) is -0.892. The van der Waals surface area contributed by atoms with Crippen LogP contribution in [-0.2, 0) is 11.3 Å². The van der Waals surface area contributed by atoms with Crippen molar-refractivity contribution in [3.63, 3.8) is 0 Å². The number of nitrogens with two attached hydrogens (primary N) is 1. The molecule has 2 rings (SSSR count). The van der Waals surface area contributed by atoms with Crippen molar-refractivity contribution in [3.05, 3.63) is 59.4 Å². The van der Waals surface area contributed by atoms with Gasteiger partial charge in [0.2, 0.25) is 5.91 Å². The van der Waals surface area contributed by atoms with Crippen LogP contribution in [0, 0.1) is 5.82 Å². The zero-order chi connectivity index (χ0) is 20.0. The third-order valence-corrected chi connectivity index (χ3v) is 3.85. The number of rotatable bonds is 9. The summed E-state index contributed by atoms with van der Waals surface area (Å²) in [5, 5.41) is 0. The second kappa shape index (κ2) is 9.27. The van der Waals surface area contributed by atoms with Crippen LogP contribution in [0.25, 0.3) is 0 Å². The van der Waals surface area contributed by atoms with E-state index in [2.05, 4.69) is 4.74 Å². The molecule has 2 N–H and O–H groups in total. The van der Waals surface area contributed by atoms with E-state index in [9.17, 15) is 18.0 Å². The Morgan fingerprint density at radius 1 is 1.15 bits per heavy atom. The zero-order valence-corrected chi connectivity index (χ0v) is 15.0. The first-order valence-corrected chi connectivity index (χ1v) is 8.27. The predicted molar refractivity (Wildman–Crippen MR) is 94.0 cm³/mol. The lowest BCUT2D eigenvalue weighted by Gasteiger charge is -2.26. The van der Waals surface area contributed by atoms with E-state index in [0.717, 1.165) is 0 Å². The van der Waals surface area contributed by atoms with E-state index in [1.165, 1.54) is 30.3 Å². The molecular weight excluding hydrogens is 361 g/mol. The van der Waals surface area contributed by atoms with Gasteiger partial charge in [0, 0.05) is 6.54 Å². The van der Waals surface area contributed by atoms with Gasteiger partial charge in [-0.25, -0.2) is 4.39 Å². The van der Waals surface area contributed by atoms with Gasteiger partial charge in [0.15, 0.2) is 11.5 Å². The number of ether oxygens (including phenoxy) is 2. The molecule has 0 radical (unpaired) electrons. The molecule has 146 valence electrons. The Kier molecular flexibility index (Phi) is 7.06. The van der Waals surface area contributed by atoms with Gasteiger partial charge in [-0.05, 0) is 49.4 Å². The summed E-state index contributed by atoms with van der Waals surface area (Å²) in [6, 6.07) is 9.26. The van der Waals surface area contributed by atoms with Crippen LogP contribution in [0.5, 0.6) is 11.5 Å². The highest BCUT2D eigenvalue weighted by Gasteiger charge is 2.23. The number of hydrogen-bond acceptors (Lipinski definition) is 4. The van der Waals surface area contributed by atoms with Gasteiger partial charge in [-0.15, -0.1) is 0 Å². The van der Waals surface area contributed by atoms with Crippen LogP contribution >= 0.6 is 0 Å². The highest BCUT2D eigenvalue weighted by molar-refractivity contribution is 5.81. The highest BCUT2D eigenvalue weighted by atomic mass is 19.3. The number of amides is 1. The molecule has 1 amide bonds. The van der Waals surface area contributed by atoms with E-state index >= 15 is 0 Å². The second-order valence-corrected chi connectivity index (χ2v) is 5.86. The molecule has 0 bridgehead atoms. The molecule has 0 aliphatic heterocycles. The number of alkyl halides is 2. The van der Waals surface area contributed by atoms with Crippen LogP contribution in [0.2, 0.25) is 0 Å². The lowest BCUT2D eigenvalue weighted by molar-refractivity contribution is -0.123. The van der Waals surface area contributed by atoms with Gasteiger partial charge in [0.05, 0.1) is 6.61 Å². The number of nitrogens with zero attached hydrogens (tertiary/aromatic N) is 1. The Labute approximate surface area is 155 Å². The Balaban J connectivity index is 2.23. The lowest BCUT2D eigenvalue weighted by Crippen LogP contribution is -2.35. The van der Waals surface area contributed by atoms with Gasteiger partial charge >= 0.3 is 6.61 Å². The number of primary amides is 1. The maximum Gasteiger partial charge on any atom is 0.387 e. The van der Waals surface area contributed by atoms with Crippen molar-refractivity contribution in [1.82, 2.24) is 4.90 Å². The summed E-state index contributed by atoms with van der Waals surface area (Å²) < 4.78 is 47.9. The minimum Gasteiger partial charge on any atom is -0.490 e. The molecule has 5 nitrogen and oxygen atoms in total. The minimum absolute atomic E-state index is 0.0664. The van der Waals surface area contributed by atoms with Crippen LogP contribution in [-0.4, -0.2) is 31.1 Å². The third-order valence-electron chi connectivity index (χ3n) is 3.85. The maximum atomic E-state index is 13.1. The first kappa shape index (κ1) is 20.6. The fraction of sp³-hybridized carbons (Fsp3) is 0.316. The minimum atomic E-state index is -2.96. The SMILES string of the molecule is CCOc1cc(CN(C)[C@H](C(N)=O)c2ccc(F)cc2)ccc1OC(F)F. The van der Waals surface area contributed by atoms with Crippen molar-refractivity contribution in [2.45, 2.75) is 26.1 Å². The normalized spacial score (nSPS) is 12.3. The predicted octanol–water partition coefficient (Wildman–Crippen LogP) is 3.48. The maximum absolute atomic E-state index is 13.1. The molecule has 0 unspecified atom stereocenters. The molecule has 27 heavy (non-hydrogen) atoms. The molecule has 1 atom stereocenters. The summed E-state index contributed by atoms with van der Waals surface area (Å²) in [6.45, 7) is -0.684. The summed E-state index contributed by atoms with van der Waals surface area (Å²) in [6.07, 6.45) is 0. The van der Waals surface area contributed by atoms with Crippen molar-refractivity contribution in [1.29, 1.82) is 0 Å². The molecule has 0 saturated heterocycles. The van der Waals surface area contributed by atoms with E-state index in [0.29, 0.717) is 11.1 Å². The fourth-order valence-electron chi connectivity index (χ4n) is 2.77. The molecule has 0 aromatic heterocycles. The molecule has 0 fully saturated rings. The average Bonchev–Trinajstić information content (AvgIpc) is 2.58. The summed E-state index contributed by atoms with van der Waals surface area (Å²) in [5.41, 5.74) is 6.77. The van der Waals surface area contributed by atoms with E-state index in [1.807, 2.05) is 0 Å². The van der Waals surface area contributed by atoms with Gasteiger partial charge < -0.3 is 15.2 Å². The van der Waals surface area contributed by atoms with Crippen molar-refractivity contribution in [3.8, 4) is 11.5 Å². The molecule has 2 aromatic rings. The average molecular weight is 382 g/mol. The number of carbonyl (C=O) groups is 1. The number of likely N-dealkylation sites (N-methyl/N-ethyl adjacent to an activating group) is 1. The van der Waals surface area contributed by atoms with Gasteiger partial charge in [0.1, 0.15) is 11.9 Å². The quantitative estimate of drug-likeness (QED) is 0.721. The number of benzene rings is 2. The Hall–Kier alpha value is -2.74. The highest BCUT2D eigenvalue weighted by Crippen LogP contribution is 2.31. The van der Waals surface area contributed by atoms with Crippen molar-refractivity contribution < 1.29 is 27.4 Å². The van der Waals surface area contributed by atoms with Gasteiger partial charge in [-0.2, -0.15) is 8.78 Å². The second-order valence-electron chi connectivity index (χ2n) is 5.86. The Morgan fingerprint density at radius 3 is 2.37 bits per heavy atom. The third kappa shape index (κ3) is 5.62. The molecule has 0 spiro atoms. The topological polar surface area (TPSA) is 64.8 Å². The molecule has 0 heterocycles. The lowest BCUT2D eigenvalue weighted by atomic mass is 10.0. The number of carbonyl (C=O) groups excluding carboxylic acids is 1. The van der Waals surface area contributed by atoms with Crippen LogP contribution < -0.4 is 15.2 Å². The van der Waals surface area contributed by atoms with Gasteiger partial charge in [0.25, 0.3) is 0 Å². The van der Waals surface area contributed by atoms with Crippen molar-refractivity contribution in [2.75, 3.05) is 13.7 Å². The standard InChI is InChI=1S/C19H21F3N2O3/c1-3-26-16-10-12(4-9-15(16)27-19(21)22)11-24(2)17(18(23)25)13-5-7-14(20)8-6-13/h4-10,17,19H,3,11H2,1-2H3,(H2,23,25)/t17-/m0/s1. The van der Waals surface area contributed by atoms with E-state index in [1.54, 1.807) is 31.0 Å². The zero-order valence-electron chi connectivity index (χ0n) is 15.0. The Bertz CT molecular complexity index is 769. The van der Waals surface area contributed by atoms with Gasteiger partial charge in [-0.3, -0.25) is 9.69 Å². The fourth-order valence-corrected chi connectivity index (χ4v) is 2.77. The molecule has 0 aliphatic rings. The molecule has 0 aliphatic carbocycles. The van der Waals surface area contributed by atoms with Crippen molar-refractivity contribution >= 4 is 5.91 Å². The van der Waals surface area contributed by atoms with E-state index in [-0.39, 0.29) is 24.7 Å². The van der Waals surface area contributed by atoms with Crippen molar-refractivity contribution in [2.24, 2.45) is 5.73 Å².